The van der Waals surface area contributed by atoms with Crippen LogP contribution >= 0.6 is 83.7 Å². The Bertz CT molecular complexity index is 372. The highest BCUT2D eigenvalue weighted by Crippen LogP contribution is 2.27. The Kier molecular flexibility index (Phi) is 6.09. The number of alkyl halides is 1. The summed E-state index contributed by atoms with van der Waals surface area (Å²) in [7, 11) is 0. The van der Waals surface area contributed by atoms with Crippen LogP contribution in [0.25, 0.3) is 0 Å². The summed E-state index contributed by atoms with van der Waals surface area (Å²) in [5.74, 6) is -0.0213. The summed E-state index contributed by atoms with van der Waals surface area (Å²) in [5, 5.41) is 2.90. The highest BCUT2D eigenvalue weighted by Gasteiger charge is 2.13. The van der Waals surface area contributed by atoms with Crippen molar-refractivity contribution in [1.29, 1.82) is 0 Å². The van der Waals surface area contributed by atoms with Crippen LogP contribution in [-0.2, 0) is 4.79 Å². The van der Waals surface area contributed by atoms with Gasteiger partial charge in [0.2, 0.25) is 5.91 Å². The molecule has 15 heavy (non-hydrogen) atoms. The van der Waals surface area contributed by atoms with Crippen LogP contribution in [0.15, 0.2) is 12.1 Å². The number of carbonyl (C=O) groups excluding carboxylic acids is 1. The molecule has 0 aromatic heterocycles. The molecule has 0 aliphatic carbocycles. The van der Waals surface area contributed by atoms with E-state index in [1.807, 2.05) is 19.1 Å². The molecule has 1 amide bonds. The smallest absolute Gasteiger partial charge is 0.237 e. The number of anilines is 1. The van der Waals surface area contributed by atoms with Gasteiger partial charge in [0, 0.05) is 10.7 Å². The molecule has 0 spiro atoms. The fraction of sp³-hybridized carbons (Fsp3) is 0.222. The van der Waals surface area contributed by atoms with E-state index in [0.29, 0.717) is 0 Å². The average molecular weight is 606 g/mol. The lowest BCUT2D eigenvalue weighted by Crippen LogP contribution is -2.21. The van der Waals surface area contributed by atoms with Gasteiger partial charge in [0.15, 0.2) is 0 Å². The zero-order chi connectivity index (χ0) is 11.6. The maximum absolute atomic E-state index is 11.5. The van der Waals surface area contributed by atoms with Crippen molar-refractivity contribution in [3.05, 3.63) is 22.8 Å². The highest BCUT2D eigenvalue weighted by molar-refractivity contribution is 14.1. The number of carbonyl (C=O) groups is 1. The molecule has 0 radical (unpaired) electrons. The minimum Gasteiger partial charge on any atom is -0.323 e. The predicted octanol–water partition coefficient (Wildman–Crippen LogP) is 4.22. The van der Waals surface area contributed by atoms with Crippen LogP contribution in [0.1, 0.15) is 6.92 Å². The van der Waals surface area contributed by atoms with Crippen molar-refractivity contribution >= 4 is 95.3 Å². The third-order valence-corrected chi connectivity index (χ3v) is 4.36. The first-order chi connectivity index (χ1) is 6.91. The number of hydrogen-bond donors (Lipinski definition) is 1. The van der Waals surface area contributed by atoms with Crippen molar-refractivity contribution in [3.8, 4) is 0 Å². The summed E-state index contributed by atoms with van der Waals surface area (Å²) in [6.45, 7) is 1.81. The van der Waals surface area contributed by atoms with Crippen LogP contribution in [0.3, 0.4) is 0 Å². The zero-order valence-corrected chi connectivity index (χ0v) is 15.7. The molecule has 2 nitrogen and oxygen atoms in total. The number of benzene rings is 1. The van der Waals surface area contributed by atoms with Gasteiger partial charge in [-0.25, -0.2) is 0 Å². The molecule has 6 heteroatoms. The lowest BCUT2D eigenvalue weighted by Gasteiger charge is -2.11. The summed E-state index contributed by atoms with van der Waals surface area (Å²) in [6, 6.07) is 4.08. The van der Waals surface area contributed by atoms with Crippen molar-refractivity contribution in [2.45, 2.75) is 11.8 Å². The molecular weight excluding hydrogens is 599 g/mol. The molecule has 1 aromatic carbocycles. The monoisotopic (exact) mass is 605 g/mol. The van der Waals surface area contributed by atoms with E-state index in [4.69, 9.17) is 0 Å². The first-order valence-corrected chi connectivity index (χ1v) is 8.16. The van der Waals surface area contributed by atoms with Gasteiger partial charge in [0.25, 0.3) is 0 Å². The molecule has 0 bridgehead atoms. The summed E-state index contributed by atoms with van der Waals surface area (Å²) < 4.78 is 3.29. The third-order valence-electron chi connectivity index (χ3n) is 1.62. The van der Waals surface area contributed by atoms with Gasteiger partial charge >= 0.3 is 0 Å². The van der Waals surface area contributed by atoms with Crippen LogP contribution in [-0.4, -0.2) is 10.7 Å². The van der Waals surface area contributed by atoms with Crippen molar-refractivity contribution in [3.63, 3.8) is 0 Å². The first-order valence-electron chi connectivity index (χ1n) is 4.01. The Hall–Kier alpha value is 1.36. The lowest BCUT2D eigenvalue weighted by molar-refractivity contribution is -0.115. The van der Waals surface area contributed by atoms with E-state index in [0.717, 1.165) is 12.8 Å². The molecule has 0 aliphatic rings. The van der Waals surface area contributed by atoms with E-state index in [1.54, 1.807) is 0 Å². The Balaban J connectivity index is 3.00. The lowest BCUT2D eigenvalue weighted by atomic mass is 10.3. The molecule has 1 rings (SSSR count). The van der Waals surface area contributed by atoms with Gasteiger partial charge in [0.05, 0.1) is 10.5 Å². The summed E-state index contributed by atoms with van der Waals surface area (Å²) in [6.07, 6.45) is 0. The second kappa shape index (κ2) is 6.34. The van der Waals surface area contributed by atoms with Gasteiger partial charge in [-0.15, -0.1) is 0 Å². The van der Waals surface area contributed by atoms with E-state index in [-0.39, 0.29) is 10.7 Å². The van der Waals surface area contributed by atoms with Crippen molar-refractivity contribution in [2.75, 3.05) is 5.32 Å². The molecular formula is C9H7BrI3NO. The SMILES string of the molecule is CC(Br)C(=O)Nc1c(I)cc(I)cc1I. The van der Waals surface area contributed by atoms with Gasteiger partial charge in [0.1, 0.15) is 0 Å². The van der Waals surface area contributed by atoms with Crippen LogP contribution < -0.4 is 5.32 Å². The molecule has 0 saturated carbocycles. The second-order valence-corrected chi connectivity index (χ2v) is 7.79. The van der Waals surface area contributed by atoms with Crippen LogP contribution in [0.4, 0.5) is 5.69 Å². The molecule has 1 aromatic rings. The topological polar surface area (TPSA) is 29.1 Å². The van der Waals surface area contributed by atoms with Crippen molar-refractivity contribution < 1.29 is 4.79 Å². The number of hydrogen-bond acceptors (Lipinski definition) is 1. The van der Waals surface area contributed by atoms with Crippen molar-refractivity contribution in [1.82, 2.24) is 0 Å². The number of nitrogens with one attached hydrogen (secondary N) is 1. The van der Waals surface area contributed by atoms with Crippen LogP contribution in [0.2, 0.25) is 0 Å². The fourth-order valence-corrected chi connectivity index (χ4v) is 4.85. The Morgan fingerprint density at radius 3 is 2.20 bits per heavy atom. The molecule has 0 fully saturated rings. The average Bonchev–Trinajstić information content (AvgIpc) is 2.10. The Labute approximate surface area is 138 Å². The van der Waals surface area contributed by atoms with E-state index >= 15 is 0 Å². The Morgan fingerprint density at radius 2 is 1.80 bits per heavy atom. The van der Waals surface area contributed by atoms with Gasteiger partial charge in [-0.1, -0.05) is 15.9 Å². The minimum absolute atomic E-state index is 0.0213. The number of amides is 1. The van der Waals surface area contributed by atoms with Crippen LogP contribution in [0, 0.1) is 10.7 Å². The standard InChI is InChI=1S/C9H7BrI3NO/c1-4(10)9(15)14-8-6(12)2-5(11)3-7(8)13/h2-4H,1H3,(H,14,15). The van der Waals surface area contributed by atoms with Crippen LogP contribution in [0.5, 0.6) is 0 Å². The normalized spacial score (nSPS) is 12.3. The quantitative estimate of drug-likeness (QED) is 0.397. The van der Waals surface area contributed by atoms with Gasteiger partial charge in [-0.2, -0.15) is 0 Å². The summed E-state index contributed by atoms with van der Waals surface area (Å²) in [4.78, 5) is 11.4. The van der Waals surface area contributed by atoms with Gasteiger partial charge in [-0.05, 0) is 86.8 Å². The van der Waals surface area contributed by atoms with Gasteiger partial charge < -0.3 is 5.32 Å². The number of rotatable bonds is 2. The first kappa shape index (κ1) is 14.4. The molecule has 0 heterocycles. The van der Waals surface area contributed by atoms with E-state index in [1.165, 1.54) is 3.57 Å². The van der Waals surface area contributed by atoms with E-state index in [2.05, 4.69) is 89.0 Å². The molecule has 1 N–H and O–H groups in total. The summed E-state index contributed by atoms with van der Waals surface area (Å²) >= 11 is 9.96. The summed E-state index contributed by atoms with van der Waals surface area (Å²) in [5.41, 5.74) is 0.896. The molecule has 0 aliphatic heterocycles. The van der Waals surface area contributed by atoms with E-state index < -0.39 is 0 Å². The highest BCUT2D eigenvalue weighted by atomic mass is 127. The largest absolute Gasteiger partial charge is 0.323 e. The molecule has 1 atom stereocenters. The van der Waals surface area contributed by atoms with Crippen molar-refractivity contribution in [2.24, 2.45) is 0 Å². The maximum atomic E-state index is 11.5. The maximum Gasteiger partial charge on any atom is 0.237 e. The Morgan fingerprint density at radius 1 is 1.33 bits per heavy atom. The molecule has 82 valence electrons. The molecule has 1 unspecified atom stereocenters. The minimum atomic E-state index is -0.177. The number of halogens is 4. The zero-order valence-electron chi connectivity index (χ0n) is 7.65. The second-order valence-electron chi connectivity index (χ2n) is 2.85. The fourth-order valence-electron chi connectivity index (χ4n) is 0.884. The van der Waals surface area contributed by atoms with Gasteiger partial charge in [-0.3, -0.25) is 4.79 Å². The third kappa shape index (κ3) is 4.26. The van der Waals surface area contributed by atoms with E-state index in [9.17, 15) is 4.79 Å². The molecule has 0 saturated heterocycles. The predicted molar refractivity (Wildman–Crippen MR) is 91.6 cm³/mol.